The zero-order valence-corrected chi connectivity index (χ0v) is 14.0. The maximum absolute atomic E-state index is 6.19. The number of aromatic nitrogens is 2. The van der Waals surface area contributed by atoms with Crippen LogP contribution in [-0.4, -0.2) is 22.9 Å². The summed E-state index contributed by atoms with van der Waals surface area (Å²) in [6, 6.07) is 9.30. The zero-order valence-electron chi connectivity index (χ0n) is 10.0. The number of nitrogens with zero attached hydrogens (tertiary/aromatic N) is 2. The molecule has 3 nitrogen and oxygen atoms in total. The first-order valence-electron chi connectivity index (χ1n) is 5.74. The Morgan fingerprint density at radius 3 is 2.65 bits per heavy atom. The minimum atomic E-state index is -0.0501. The molecule has 0 amide bonds. The number of hydrogen-bond acceptors (Lipinski definition) is 3. The van der Waals surface area contributed by atoms with E-state index in [1.54, 1.807) is 12.1 Å². The van der Waals surface area contributed by atoms with E-state index in [-0.39, 0.29) is 15.0 Å². The third-order valence-corrected chi connectivity index (χ3v) is 5.22. The van der Waals surface area contributed by atoms with Gasteiger partial charge in [-0.05, 0) is 0 Å². The number of nitrogens with one attached hydrogen (secondary N) is 1. The molecule has 2 aromatic carbocycles. The summed E-state index contributed by atoms with van der Waals surface area (Å²) >= 11 is 18.3. The van der Waals surface area contributed by atoms with Crippen molar-refractivity contribution in [2.24, 2.45) is 0 Å². The van der Waals surface area contributed by atoms with Gasteiger partial charge in [0.2, 0.25) is 0 Å². The van der Waals surface area contributed by atoms with Crippen LogP contribution in [0.3, 0.4) is 0 Å². The van der Waals surface area contributed by atoms with Crippen LogP contribution in [-0.2, 0) is 6.54 Å². The van der Waals surface area contributed by atoms with Gasteiger partial charge in [0.1, 0.15) is 0 Å². The monoisotopic (exact) mass is 391 g/mol. The SMILES string of the molecule is Clc1ccc(Cl)c(CNc2cccc3n[se]nc23)c1Cl. The second-order valence-corrected chi connectivity index (χ2v) is 6.41. The Morgan fingerprint density at radius 2 is 1.80 bits per heavy atom. The molecule has 3 aromatic rings. The van der Waals surface area contributed by atoms with Gasteiger partial charge in [-0.3, -0.25) is 0 Å². The van der Waals surface area contributed by atoms with Crippen LogP contribution >= 0.6 is 34.8 Å². The number of fused-ring (bicyclic) bond motifs is 1. The normalized spacial score (nSPS) is 10.9. The Kier molecular flexibility index (Phi) is 4.20. The average molecular weight is 392 g/mol. The van der Waals surface area contributed by atoms with Gasteiger partial charge in [0.25, 0.3) is 0 Å². The molecule has 0 saturated heterocycles. The van der Waals surface area contributed by atoms with Gasteiger partial charge in [-0.2, -0.15) is 0 Å². The van der Waals surface area contributed by atoms with Crippen molar-refractivity contribution in [1.29, 1.82) is 0 Å². The van der Waals surface area contributed by atoms with E-state index in [0.717, 1.165) is 22.3 Å². The van der Waals surface area contributed by atoms with Crippen molar-refractivity contribution >= 4 is 66.5 Å². The quantitative estimate of drug-likeness (QED) is 0.535. The van der Waals surface area contributed by atoms with E-state index in [9.17, 15) is 0 Å². The molecule has 0 aliphatic rings. The maximum atomic E-state index is 6.19. The first-order valence-corrected chi connectivity index (χ1v) is 8.41. The molecule has 0 aliphatic heterocycles. The van der Waals surface area contributed by atoms with E-state index in [4.69, 9.17) is 34.8 Å². The molecule has 0 atom stereocenters. The van der Waals surface area contributed by atoms with Gasteiger partial charge in [-0.15, -0.1) is 0 Å². The fourth-order valence-corrected chi connectivity index (χ4v) is 3.70. The standard InChI is InChI=1S/C13H8Cl3N3Se/c14-8-4-5-9(15)12(16)7(8)6-17-10-2-1-3-11-13(10)19-20-18-11/h1-5,17H,6H2. The van der Waals surface area contributed by atoms with Gasteiger partial charge >= 0.3 is 137 Å². The Balaban J connectivity index is 1.90. The van der Waals surface area contributed by atoms with Crippen molar-refractivity contribution in [2.75, 3.05) is 5.32 Å². The van der Waals surface area contributed by atoms with Crippen LogP contribution < -0.4 is 5.32 Å². The number of benzene rings is 2. The molecular formula is C13H8Cl3N3Se. The number of halogens is 3. The summed E-state index contributed by atoms with van der Waals surface area (Å²) in [6.45, 7) is 0.483. The summed E-state index contributed by atoms with van der Waals surface area (Å²) < 4.78 is 8.76. The molecule has 1 aromatic heterocycles. The van der Waals surface area contributed by atoms with Gasteiger partial charge in [0, 0.05) is 0 Å². The number of hydrogen-bond donors (Lipinski definition) is 1. The van der Waals surface area contributed by atoms with Crippen LogP contribution in [0.25, 0.3) is 11.0 Å². The van der Waals surface area contributed by atoms with Gasteiger partial charge < -0.3 is 0 Å². The second kappa shape index (κ2) is 5.92. The Bertz CT molecular complexity index is 773. The van der Waals surface area contributed by atoms with E-state index in [0.29, 0.717) is 21.6 Å². The van der Waals surface area contributed by atoms with Crippen molar-refractivity contribution < 1.29 is 0 Å². The Labute approximate surface area is 137 Å². The topological polar surface area (TPSA) is 37.8 Å². The van der Waals surface area contributed by atoms with Crippen LogP contribution in [0.15, 0.2) is 30.3 Å². The molecule has 3 rings (SSSR count). The Hall–Kier alpha value is -0.771. The van der Waals surface area contributed by atoms with Crippen LogP contribution in [0.5, 0.6) is 0 Å². The fraction of sp³-hybridized carbons (Fsp3) is 0.0769. The van der Waals surface area contributed by atoms with Crippen molar-refractivity contribution in [2.45, 2.75) is 6.54 Å². The third-order valence-electron chi connectivity index (χ3n) is 2.88. The second-order valence-electron chi connectivity index (χ2n) is 4.11. The molecule has 102 valence electrons. The molecular weight excluding hydrogens is 383 g/mol. The minimum absolute atomic E-state index is 0.0501. The van der Waals surface area contributed by atoms with E-state index in [2.05, 4.69) is 13.3 Å². The van der Waals surface area contributed by atoms with Crippen molar-refractivity contribution in [3.8, 4) is 0 Å². The molecule has 0 unspecified atom stereocenters. The van der Waals surface area contributed by atoms with E-state index in [1.807, 2.05) is 18.2 Å². The van der Waals surface area contributed by atoms with E-state index < -0.39 is 0 Å². The molecule has 1 N–H and O–H groups in total. The molecule has 0 spiro atoms. The molecule has 1 heterocycles. The van der Waals surface area contributed by atoms with Gasteiger partial charge in [0.15, 0.2) is 0 Å². The summed E-state index contributed by atoms with van der Waals surface area (Å²) in [5.41, 5.74) is 3.54. The van der Waals surface area contributed by atoms with Crippen molar-refractivity contribution in [3.05, 3.63) is 51.0 Å². The molecule has 0 radical (unpaired) electrons. The average Bonchev–Trinajstić information content (AvgIpc) is 2.92. The van der Waals surface area contributed by atoms with Crippen LogP contribution in [0.2, 0.25) is 15.1 Å². The van der Waals surface area contributed by atoms with Gasteiger partial charge in [0.05, 0.1) is 0 Å². The molecule has 0 fully saturated rings. The van der Waals surface area contributed by atoms with Gasteiger partial charge in [-0.1, -0.05) is 0 Å². The first kappa shape index (κ1) is 14.2. The molecule has 0 aliphatic carbocycles. The van der Waals surface area contributed by atoms with E-state index in [1.165, 1.54) is 0 Å². The molecule has 20 heavy (non-hydrogen) atoms. The molecule has 7 heteroatoms. The number of rotatable bonds is 3. The third kappa shape index (κ3) is 2.67. The van der Waals surface area contributed by atoms with Crippen molar-refractivity contribution in [3.63, 3.8) is 0 Å². The summed E-state index contributed by atoms with van der Waals surface area (Å²) in [4.78, 5) is 0. The van der Waals surface area contributed by atoms with Crippen LogP contribution in [0, 0.1) is 0 Å². The van der Waals surface area contributed by atoms with Gasteiger partial charge in [-0.25, -0.2) is 0 Å². The van der Waals surface area contributed by atoms with E-state index >= 15 is 0 Å². The zero-order chi connectivity index (χ0) is 14.1. The Morgan fingerprint density at radius 1 is 1.00 bits per heavy atom. The molecule has 0 bridgehead atoms. The fourth-order valence-electron chi connectivity index (χ4n) is 1.86. The summed E-state index contributed by atoms with van der Waals surface area (Å²) in [5, 5.41) is 4.86. The summed E-state index contributed by atoms with van der Waals surface area (Å²) in [5.74, 6) is 0. The van der Waals surface area contributed by atoms with Crippen LogP contribution in [0.1, 0.15) is 5.56 Å². The first-order chi connectivity index (χ1) is 9.66. The predicted octanol–water partition coefficient (Wildman–Crippen LogP) is 4.26. The predicted molar refractivity (Wildman–Crippen MR) is 85.3 cm³/mol. The van der Waals surface area contributed by atoms with Crippen molar-refractivity contribution in [1.82, 2.24) is 7.96 Å². The van der Waals surface area contributed by atoms with Crippen LogP contribution in [0.4, 0.5) is 5.69 Å². The number of anilines is 1. The molecule has 0 saturated carbocycles. The summed E-state index contributed by atoms with van der Waals surface area (Å²) in [6.07, 6.45) is 0. The summed E-state index contributed by atoms with van der Waals surface area (Å²) in [7, 11) is 0.